The van der Waals surface area contributed by atoms with Gasteiger partial charge in [0.05, 0.1) is 18.8 Å². The molecule has 36 heavy (non-hydrogen) atoms. The van der Waals surface area contributed by atoms with Crippen molar-refractivity contribution in [3.63, 3.8) is 0 Å². The predicted octanol–water partition coefficient (Wildman–Crippen LogP) is 5.50. The largest absolute Gasteiger partial charge is 0.490 e. The Morgan fingerprint density at radius 2 is 1.61 bits per heavy atom. The smallest absolute Gasteiger partial charge is 0.410 e. The molecule has 0 aliphatic carbocycles. The lowest BCUT2D eigenvalue weighted by atomic mass is 10.1. The average molecular weight is 499 g/mol. The Labute approximate surface area is 214 Å². The summed E-state index contributed by atoms with van der Waals surface area (Å²) in [5.74, 6) is 1.32. The zero-order valence-corrected chi connectivity index (χ0v) is 21.9. The number of ether oxygens (including phenoxy) is 4. The van der Waals surface area contributed by atoms with Crippen LogP contribution < -0.4 is 9.47 Å². The van der Waals surface area contributed by atoms with E-state index < -0.39 is 17.8 Å². The highest BCUT2D eigenvalue weighted by molar-refractivity contribution is 5.71. The maximum absolute atomic E-state index is 12.9. The number of carbonyl (C=O) groups excluding carboxylic acids is 2. The van der Waals surface area contributed by atoms with Crippen LogP contribution in [0.3, 0.4) is 0 Å². The Hall–Kier alpha value is -3.42. The Bertz CT molecular complexity index is 989. The van der Waals surface area contributed by atoms with Crippen LogP contribution in [0.4, 0.5) is 9.59 Å². The third kappa shape index (κ3) is 8.36. The molecule has 0 radical (unpaired) electrons. The van der Waals surface area contributed by atoms with E-state index in [0.717, 1.165) is 5.56 Å². The molecule has 1 fully saturated rings. The molecule has 1 saturated heterocycles. The average Bonchev–Trinajstić information content (AvgIpc) is 2.82. The number of carbonyl (C=O) groups is 2. The second kappa shape index (κ2) is 12.5. The molecule has 196 valence electrons. The van der Waals surface area contributed by atoms with Gasteiger partial charge in [-0.15, -0.1) is 0 Å². The summed E-state index contributed by atoms with van der Waals surface area (Å²) in [5.41, 5.74) is 0.308. The summed E-state index contributed by atoms with van der Waals surface area (Å²) >= 11 is 0. The van der Waals surface area contributed by atoms with Gasteiger partial charge >= 0.3 is 12.2 Å². The SMILES string of the molecule is CC(C)Oc1ccccc1OCC[C@@H]1CN(C(=O)OCc2ccccc2)CCN1C(=O)OC(C)(C)C. The number of para-hydroxylation sites is 2. The maximum Gasteiger partial charge on any atom is 0.410 e. The van der Waals surface area contributed by atoms with Gasteiger partial charge in [-0.2, -0.15) is 0 Å². The minimum Gasteiger partial charge on any atom is -0.490 e. The van der Waals surface area contributed by atoms with Crippen molar-refractivity contribution in [2.24, 2.45) is 0 Å². The molecule has 0 N–H and O–H groups in total. The van der Waals surface area contributed by atoms with E-state index in [0.29, 0.717) is 44.2 Å². The zero-order valence-electron chi connectivity index (χ0n) is 21.9. The van der Waals surface area contributed by atoms with Crippen LogP contribution in [0.15, 0.2) is 54.6 Å². The van der Waals surface area contributed by atoms with Crippen molar-refractivity contribution in [1.29, 1.82) is 0 Å². The number of benzene rings is 2. The molecule has 0 spiro atoms. The first-order valence-corrected chi connectivity index (χ1v) is 12.5. The number of hydrogen-bond acceptors (Lipinski definition) is 6. The third-order valence-corrected chi connectivity index (χ3v) is 5.49. The van der Waals surface area contributed by atoms with Crippen molar-refractivity contribution in [2.45, 2.75) is 65.4 Å². The van der Waals surface area contributed by atoms with E-state index in [-0.39, 0.29) is 18.8 Å². The van der Waals surface area contributed by atoms with Crippen molar-refractivity contribution >= 4 is 12.2 Å². The van der Waals surface area contributed by atoms with Crippen LogP contribution in [0.5, 0.6) is 11.5 Å². The fourth-order valence-corrected chi connectivity index (χ4v) is 3.87. The summed E-state index contributed by atoms with van der Waals surface area (Å²) in [7, 11) is 0. The highest BCUT2D eigenvalue weighted by Crippen LogP contribution is 2.28. The van der Waals surface area contributed by atoms with E-state index in [1.54, 1.807) is 9.80 Å². The van der Waals surface area contributed by atoms with Crippen LogP contribution in [-0.2, 0) is 16.1 Å². The Balaban J connectivity index is 1.64. The molecule has 1 aliphatic heterocycles. The van der Waals surface area contributed by atoms with E-state index in [2.05, 4.69) is 0 Å². The molecule has 0 saturated carbocycles. The highest BCUT2D eigenvalue weighted by atomic mass is 16.6. The van der Waals surface area contributed by atoms with Gasteiger partial charge in [0.2, 0.25) is 0 Å². The molecule has 0 unspecified atom stereocenters. The van der Waals surface area contributed by atoms with E-state index >= 15 is 0 Å². The summed E-state index contributed by atoms with van der Waals surface area (Å²) in [4.78, 5) is 29.0. The summed E-state index contributed by atoms with van der Waals surface area (Å²) in [6, 6.07) is 16.8. The van der Waals surface area contributed by atoms with Gasteiger partial charge < -0.3 is 28.7 Å². The molecular formula is C28H38N2O6. The minimum atomic E-state index is -0.614. The summed E-state index contributed by atoms with van der Waals surface area (Å²) in [6.07, 6.45) is -0.263. The molecular weight excluding hydrogens is 460 g/mol. The fourth-order valence-electron chi connectivity index (χ4n) is 3.87. The number of amides is 2. The standard InChI is InChI=1S/C28H38N2O6/c1-21(2)35-25-14-10-9-13-24(25)33-18-15-23-19-29(16-17-30(23)27(32)36-28(3,4)5)26(31)34-20-22-11-7-6-8-12-22/h6-14,21,23H,15-20H2,1-5H3/t23-/m1/s1. The van der Waals surface area contributed by atoms with Crippen LogP contribution in [-0.4, -0.2) is 66.0 Å². The highest BCUT2D eigenvalue weighted by Gasteiger charge is 2.35. The molecule has 1 aliphatic rings. The van der Waals surface area contributed by atoms with E-state index in [4.69, 9.17) is 18.9 Å². The van der Waals surface area contributed by atoms with Crippen molar-refractivity contribution in [3.8, 4) is 11.5 Å². The normalized spacial score (nSPS) is 16.0. The van der Waals surface area contributed by atoms with Gasteiger partial charge in [0.1, 0.15) is 12.2 Å². The Morgan fingerprint density at radius 1 is 0.944 bits per heavy atom. The maximum atomic E-state index is 12.9. The Morgan fingerprint density at radius 3 is 2.28 bits per heavy atom. The first-order chi connectivity index (χ1) is 17.1. The number of nitrogens with zero attached hydrogens (tertiary/aromatic N) is 2. The van der Waals surface area contributed by atoms with E-state index in [1.807, 2.05) is 89.2 Å². The van der Waals surface area contributed by atoms with Gasteiger partial charge in [0, 0.05) is 26.1 Å². The lowest BCUT2D eigenvalue weighted by Gasteiger charge is -2.41. The first-order valence-electron chi connectivity index (χ1n) is 12.5. The van der Waals surface area contributed by atoms with Crippen molar-refractivity contribution in [3.05, 3.63) is 60.2 Å². The first kappa shape index (κ1) is 27.2. The molecule has 1 heterocycles. The monoisotopic (exact) mass is 498 g/mol. The minimum absolute atomic E-state index is 0.0196. The molecule has 1 atom stereocenters. The van der Waals surface area contributed by atoms with Gasteiger partial charge in [-0.3, -0.25) is 0 Å². The second-order valence-corrected chi connectivity index (χ2v) is 10.1. The fraction of sp³-hybridized carbons (Fsp3) is 0.500. The van der Waals surface area contributed by atoms with E-state index in [1.165, 1.54) is 0 Å². The predicted molar refractivity (Wildman–Crippen MR) is 137 cm³/mol. The van der Waals surface area contributed by atoms with Crippen molar-refractivity contribution in [1.82, 2.24) is 9.80 Å². The third-order valence-electron chi connectivity index (χ3n) is 5.49. The molecule has 8 nitrogen and oxygen atoms in total. The molecule has 3 rings (SSSR count). The second-order valence-electron chi connectivity index (χ2n) is 10.1. The van der Waals surface area contributed by atoms with Crippen LogP contribution in [0.2, 0.25) is 0 Å². The number of rotatable bonds is 8. The molecule has 2 amide bonds. The van der Waals surface area contributed by atoms with Gasteiger partial charge in [-0.1, -0.05) is 42.5 Å². The molecule has 8 heteroatoms. The molecule has 2 aromatic rings. The summed E-state index contributed by atoms with van der Waals surface area (Å²) in [6.45, 7) is 11.0. The number of piperazine rings is 1. The van der Waals surface area contributed by atoms with Crippen molar-refractivity contribution < 1.29 is 28.5 Å². The molecule has 0 aromatic heterocycles. The zero-order chi connectivity index (χ0) is 26.1. The van der Waals surface area contributed by atoms with Crippen LogP contribution >= 0.6 is 0 Å². The number of hydrogen-bond donors (Lipinski definition) is 0. The van der Waals surface area contributed by atoms with Crippen molar-refractivity contribution in [2.75, 3.05) is 26.2 Å². The van der Waals surface area contributed by atoms with Gasteiger partial charge in [0.15, 0.2) is 11.5 Å². The van der Waals surface area contributed by atoms with Gasteiger partial charge in [-0.25, -0.2) is 9.59 Å². The Kier molecular flexibility index (Phi) is 9.44. The lowest BCUT2D eigenvalue weighted by Crippen LogP contribution is -2.57. The van der Waals surface area contributed by atoms with Gasteiger partial charge in [0.25, 0.3) is 0 Å². The van der Waals surface area contributed by atoms with E-state index in [9.17, 15) is 9.59 Å². The van der Waals surface area contributed by atoms with Crippen LogP contribution in [0, 0.1) is 0 Å². The lowest BCUT2D eigenvalue weighted by molar-refractivity contribution is -0.00621. The molecule has 2 aromatic carbocycles. The van der Waals surface area contributed by atoms with Gasteiger partial charge in [-0.05, 0) is 52.3 Å². The summed E-state index contributed by atoms with van der Waals surface area (Å²) in [5, 5.41) is 0. The topological polar surface area (TPSA) is 77.5 Å². The van der Waals surface area contributed by atoms with Crippen LogP contribution in [0.1, 0.15) is 46.6 Å². The quantitative estimate of drug-likeness (QED) is 0.478. The summed E-state index contributed by atoms with van der Waals surface area (Å²) < 4.78 is 23.0. The molecule has 0 bridgehead atoms. The van der Waals surface area contributed by atoms with Crippen LogP contribution in [0.25, 0.3) is 0 Å².